The molecule has 0 saturated carbocycles. The van der Waals surface area contributed by atoms with E-state index in [4.69, 9.17) is 10.5 Å². The number of nitrogens with one attached hydrogen (secondary N) is 1. The lowest BCUT2D eigenvalue weighted by molar-refractivity contribution is 0.316. The van der Waals surface area contributed by atoms with Gasteiger partial charge in [0.1, 0.15) is 11.5 Å². The number of nitrogens with two attached hydrogens (primary N) is 1. The van der Waals surface area contributed by atoms with E-state index in [1.54, 1.807) is 7.11 Å². The van der Waals surface area contributed by atoms with Crippen molar-refractivity contribution in [2.24, 2.45) is 0 Å². The molecule has 1 aromatic rings. The molecule has 0 aliphatic heterocycles. The fourth-order valence-corrected chi connectivity index (χ4v) is 1.99. The summed E-state index contributed by atoms with van der Waals surface area (Å²) in [6.45, 7) is 10.3. The maximum Gasteiger partial charge on any atom is 0.242 e. The lowest BCUT2D eigenvalue weighted by Crippen LogP contribution is -2.29. The highest BCUT2D eigenvalue weighted by Crippen LogP contribution is 2.25. The molecule has 6 nitrogen and oxygen atoms in total. The van der Waals surface area contributed by atoms with Crippen LogP contribution in [0.4, 0.5) is 11.5 Å². The second-order valence-corrected chi connectivity index (χ2v) is 4.62. The van der Waals surface area contributed by atoms with Crippen molar-refractivity contribution < 1.29 is 4.74 Å². The Balaban J connectivity index is 2.74. The van der Waals surface area contributed by atoms with Crippen molar-refractivity contribution in [1.29, 1.82) is 0 Å². The molecule has 1 aromatic heterocycles. The summed E-state index contributed by atoms with van der Waals surface area (Å²) >= 11 is 0. The lowest BCUT2D eigenvalue weighted by atomic mass is 10.3. The first kappa shape index (κ1) is 16.5. The smallest absolute Gasteiger partial charge is 0.242 e. The largest absolute Gasteiger partial charge is 0.479 e. The van der Waals surface area contributed by atoms with Crippen molar-refractivity contribution >= 4 is 11.5 Å². The van der Waals surface area contributed by atoms with Crippen LogP contribution in [0.1, 0.15) is 33.0 Å². The van der Waals surface area contributed by atoms with Crippen molar-refractivity contribution in [2.45, 2.75) is 33.6 Å². The number of hydrogen-bond acceptors (Lipinski definition) is 6. The number of nitrogen functional groups attached to an aromatic ring is 1. The molecule has 0 atom stereocenters. The van der Waals surface area contributed by atoms with E-state index in [-0.39, 0.29) is 0 Å². The third-order valence-electron chi connectivity index (χ3n) is 3.24. The van der Waals surface area contributed by atoms with Gasteiger partial charge in [-0.15, -0.1) is 0 Å². The van der Waals surface area contributed by atoms with Crippen molar-refractivity contribution in [3.8, 4) is 5.88 Å². The molecule has 0 amide bonds. The summed E-state index contributed by atoms with van der Waals surface area (Å²) in [5.41, 5.74) is 6.49. The number of likely N-dealkylation sites (N-methyl/N-ethyl adjacent to an activating group) is 1. The topological polar surface area (TPSA) is 76.3 Å². The summed E-state index contributed by atoms with van der Waals surface area (Å²) in [6, 6.07) is 0. The van der Waals surface area contributed by atoms with Gasteiger partial charge in [-0.05, 0) is 19.5 Å². The van der Waals surface area contributed by atoms with Gasteiger partial charge in [-0.3, -0.25) is 0 Å². The van der Waals surface area contributed by atoms with E-state index in [1.807, 2.05) is 0 Å². The second kappa shape index (κ2) is 8.58. The zero-order valence-electron chi connectivity index (χ0n) is 13.1. The van der Waals surface area contributed by atoms with Crippen LogP contribution in [0.15, 0.2) is 0 Å². The number of methoxy groups -OCH3 is 1. The monoisotopic (exact) mass is 281 g/mol. The number of aryl methyl sites for hydroxylation is 1. The highest BCUT2D eigenvalue weighted by molar-refractivity contribution is 5.66. The first-order valence-corrected chi connectivity index (χ1v) is 7.32. The van der Waals surface area contributed by atoms with Crippen LogP contribution in [0.3, 0.4) is 0 Å². The molecule has 20 heavy (non-hydrogen) atoms. The Hall–Kier alpha value is -1.56. The van der Waals surface area contributed by atoms with Crippen LogP contribution in [-0.4, -0.2) is 48.2 Å². The van der Waals surface area contributed by atoms with Gasteiger partial charge in [-0.2, -0.15) is 4.98 Å². The number of anilines is 2. The minimum absolute atomic E-state index is 0.453. The predicted molar refractivity (Wildman–Crippen MR) is 83.3 cm³/mol. The average Bonchev–Trinajstić information content (AvgIpc) is 2.46. The van der Waals surface area contributed by atoms with Crippen LogP contribution in [0.25, 0.3) is 0 Å². The maximum atomic E-state index is 6.01. The average molecular weight is 281 g/mol. The van der Waals surface area contributed by atoms with E-state index >= 15 is 0 Å². The standard InChI is InChI=1S/C14H27N5O/c1-5-8-11-17-13(12(15)14(18-11)20-4)16-9-10-19(6-2)7-3/h5-10,15H2,1-4H3,(H,16,17,18). The Morgan fingerprint density at radius 1 is 1.20 bits per heavy atom. The van der Waals surface area contributed by atoms with Gasteiger partial charge in [0.05, 0.1) is 7.11 Å². The molecule has 0 saturated heterocycles. The fraction of sp³-hybridized carbons (Fsp3) is 0.714. The molecular formula is C14H27N5O. The molecule has 1 heterocycles. The summed E-state index contributed by atoms with van der Waals surface area (Å²) in [6.07, 6.45) is 1.81. The molecule has 0 fully saturated rings. The van der Waals surface area contributed by atoms with Crippen molar-refractivity contribution in [3.63, 3.8) is 0 Å². The molecule has 1 rings (SSSR count). The molecule has 0 unspecified atom stereocenters. The second-order valence-electron chi connectivity index (χ2n) is 4.62. The summed E-state index contributed by atoms with van der Waals surface area (Å²) in [5.74, 6) is 1.89. The summed E-state index contributed by atoms with van der Waals surface area (Å²) < 4.78 is 5.22. The van der Waals surface area contributed by atoms with Crippen LogP contribution in [0.5, 0.6) is 5.88 Å². The molecule has 6 heteroatoms. The van der Waals surface area contributed by atoms with Gasteiger partial charge in [0.25, 0.3) is 0 Å². The van der Waals surface area contributed by atoms with Gasteiger partial charge in [0.15, 0.2) is 5.82 Å². The van der Waals surface area contributed by atoms with E-state index < -0.39 is 0 Å². The van der Waals surface area contributed by atoms with Gasteiger partial charge in [-0.25, -0.2) is 4.98 Å². The van der Waals surface area contributed by atoms with Gasteiger partial charge in [0.2, 0.25) is 5.88 Å². The maximum absolute atomic E-state index is 6.01. The molecule has 0 aliphatic rings. The fourth-order valence-electron chi connectivity index (χ4n) is 1.99. The Kier molecular flexibility index (Phi) is 7.08. The number of rotatable bonds is 9. The van der Waals surface area contributed by atoms with Crippen molar-refractivity contribution in [3.05, 3.63) is 5.82 Å². The van der Waals surface area contributed by atoms with Gasteiger partial charge >= 0.3 is 0 Å². The Bertz CT molecular complexity index is 407. The van der Waals surface area contributed by atoms with Crippen LogP contribution in [-0.2, 0) is 6.42 Å². The van der Waals surface area contributed by atoms with Gasteiger partial charge in [0, 0.05) is 19.5 Å². The molecule has 0 spiro atoms. The summed E-state index contributed by atoms with van der Waals surface area (Å²) in [7, 11) is 1.58. The minimum atomic E-state index is 0.453. The third kappa shape index (κ3) is 4.52. The van der Waals surface area contributed by atoms with Crippen LogP contribution in [0.2, 0.25) is 0 Å². The third-order valence-corrected chi connectivity index (χ3v) is 3.24. The van der Waals surface area contributed by atoms with Crippen molar-refractivity contribution in [1.82, 2.24) is 14.9 Å². The van der Waals surface area contributed by atoms with E-state index in [0.717, 1.165) is 44.8 Å². The molecular weight excluding hydrogens is 254 g/mol. The highest BCUT2D eigenvalue weighted by atomic mass is 16.5. The molecule has 0 bridgehead atoms. The zero-order chi connectivity index (χ0) is 15.0. The van der Waals surface area contributed by atoms with Gasteiger partial charge < -0.3 is 20.7 Å². The quantitative estimate of drug-likeness (QED) is 0.718. The van der Waals surface area contributed by atoms with Crippen LogP contribution >= 0.6 is 0 Å². The van der Waals surface area contributed by atoms with Gasteiger partial charge in [-0.1, -0.05) is 20.8 Å². The predicted octanol–water partition coefficient (Wildman–Crippen LogP) is 1.77. The number of hydrogen-bond donors (Lipinski definition) is 2. The van der Waals surface area contributed by atoms with Crippen LogP contribution in [0, 0.1) is 0 Å². The Labute approximate surface area is 121 Å². The van der Waals surface area contributed by atoms with E-state index in [0.29, 0.717) is 17.4 Å². The molecule has 0 aromatic carbocycles. The minimum Gasteiger partial charge on any atom is -0.479 e. The highest BCUT2D eigenvalue weighted by Gasteiger charge is 2.12. The van der Waals surface area contributed by atoms with E-state index in [2.05, 4.69) is 41.0 Å². The first-order valence-electron chi connectivity index (χ1n) is 7.32. The number of nitrogens with zero attached hydrogens (tertiary/aromatic N) is 3. The first-order chi connectivity index (χ1) is 9.65. The molecule has 0 aliphatic carbocycles. The molecule has 114 valence electrons. The molecule has 3 N–H and O–H groups in total. The van der Waals surface area contributed by atoms with Crippen LogP contribution < -0.4 is 15.8 Å². The SMILES string of the molecule is CCCc1nc(NCCN(CC)CC)c(N)c(OC)n1. The number of ether oxygens (including phenoxy) is 1. The normalized spacial score (nSPS) is 10.8. The Morgan fingerprint density at radius 2 is 1.90 bits per heavy atom. The van der Waals surface area contributed by atoms with E-state index in [1.165, 1.54) is 0 Å². The van der Waals surface area contributed by atoms with E-state index in [9.17, 15) is 0 Å². The Morgan fingerprint density at radius 3 is 2.45 bits per heavy atom. The number of aromatic nitrogens is 2. The molecule has 0 radical (unpaired) electrons. The summed E-state index contributed by atoms with van der Waals surface area (Å²) in [4.78, 5) is 11.1. The summed E-state index contributed by atoms with van der Waals surface area (Å²) in [5, 5.41) is 3.29. The van der Waals surface area contributed by atoms with Crippen molar-refractivity contribution in [2.75, 3.05) is 44.3 Å². The zero-order valence-corrected chi connectivity index (χ0v) is 13.1. The lowest BCUT2D eigenvalue weighted by Gasteiger charge is -2.19.